The number of carbonyl (C=O) groups excluding carboxylic acids is 1. The van der Waals surface area contributed by atoms with Crippen molar-refractivity contribution in [2.24, 2.45) is 5.92 Å². The molecule has 0 bridgehead atoms. The van der Waals surface area contributed by atoms with E-state index in [-0.39, 0.29) is 0 Å². The zero-order valence-corrected chi connectivity index (χ0v) is 12.7. The number of aliphatic hydroxyl groups is 1. The highest BCUT2D eigenvalue weighted by atomic mass is 32.1. The number of thiocarbonyl (C=S) groups is 1. The molecule has 1 heterocycles. The highest BCUT2D eigenvalue weighted by molar-refractivity contribution is 7.80. The Morgan fingerprint density at radius 3 is 2.20 bits per heavy atom. The summed E-state index contributed by atoms with van der Waals surface area (Å²) in [5, 5.41) is 12.3. The standard InChI is InChI=1S/C13H9F7N2O2S/c14-6-4-2-1-3-5(6)8-7(9(23)12(15,16)17)11(24,13(18,19)20)22-10(25)21-8/h1-4,7-8,24H,(H2,21,22,25)/t7-,8+,11-/m0/s1. The van der Waals surface area contributed by atoms with Gasteiger partial charge in [0, 0.05) is 5.56 Å². The lowest BCUT2D eigenvalue weighted by molar-refractivity contribution is -0.293. The monoisotopic (exact) mass is 390 g/mol. The fourth-order valence-corrected chi connectivity index (χ4v) is 2.78. The van der Waals surface area contributed by atoms with Gasteiger partial charge in [0.05, 0.1) is 6.04 Å². The molecule has 1 aliphatic rings. The van der Waals surface area contributed by atoms with Crippen LogP contribution >= 0.6 is 12.2 Å². The number of hydrogen-bond acceptors (Lipinski definition) is 3. The molecule has 0 amide bonds. The van der Waals surface area contributed by atoms with Crippen LogP contribution in [0.1, 0.15) is 11.6 Å². The van der Waals surface area contributed by atoms with Gasteiger partial charge in [-0.3, -0.25) is 4.79 Å². The van der Waals surface area contributed by atoms with E-state index in [0.717, 1.165) is 24.3 Å². The van der Waals surface area contributed by atoms with Gasteiger partial charge in [-0.1, -0.05) is 18.2 Å². The topological polar surface area (TPSA) is 61.4 Å². The summed E-state index contributed by atoms with van der Waals surface area (Å²) in [5.41, 5.74) is -5.02. The first-order valence-electron chi connectivity index (χ1n) is 6.52. The van der Waals surface area contributed by atoms with Crippen LogP contribution in [0, 0.1) is 11.7 Å². The molecule has 0 aliphatic carbocycles. The number of rotatable bonds is 2. The minimum Gasteiger partial charge on any atom is -0.363 e. The van der Waals surface area contributed by atoms with E-state index in [0.29, 0.717) is 0 Å². The molecule has 0 aromatic heterocycles. The summed E-state index contributed by atoms with van der Waals surface area (Å²) in [6.45, 7) is 0. The first-order chi connectivity index (χ1) is 11.3. The predicted octanol–water partition coefficient (Wildman–Crippen LogP) is 2.34. The number of ketones is 1. The quantitative estimate of drug-likeness (QED) is 0.535. The third kappa shape index (κ3) is 3.40. The maximum Gasteiger partial charge on any atom is 0.450 e. The molecule has 0 radical (unpaired) electrons. The van der Waals surface area contributed by atoms with Gasteiger partial charge >= 0.3 is 12.4 Å². The van der Waals surface area contributed by atoms with Crippen LogP contribution in [0.15, 0.2) is 24.3 Å². The number of carbonyl (C=O) groups is 1. The van der Waals surface area contributed by atoms with E-state index in [1.54, 1.807) is 0 Å². The highest BCUT2D eigenvalue weighted by Gasteiger charge is 2.69. The Bertz CT molecular complexity index is 706. The Balaban J connectivity index is 2.69. The van der Waals surface area contributed by atoms with Crippen molar-refractivity contribution >= 4 is 23.1 Å². The zero-order chi connectivity index (χ0) is 19.2. The van der Waals surface area contributed by atoms with Crippen molar-refractivity contribution in [3.8, 4) is 0 Å². The summed E-state index contributed by atoms with van der Waals surface area (Å²) in [6, 6.07) is 1.76. The van der Waals surface area contributed by atoms with E-state index in [9.17, 15) is 40.6 Å². The smallest absolute Gasteiger partial charge is 0.363 e. The third-order valence-electron chi connectivity index (χ3n) is 3.61. The second-order valence-electron chi connectivity index (χ2n) is 5.20. The maximum atomic E-state index is 13.9. The number of nitrogens with one attached hydrogen (secondary N) is 2. The van der Waals surface area contributed by atoms with Crippen LogP contribution in [0.5, 0.6) is 0 Å². The summed E-state index contributed by atoms with van der Waals surface area (Å²) < 4.78 is 92.3. The van der Waals surface area contributed by atoms with Gasteiger partial charge in [-0.25, -0.2) is 4.39 Å². The lowest BCUT2D eigenvalue weighted by atomic mass is 9.79. The molecule has 1 fully saturated rings. The van der Waals surface area contributed by atoms with Gasteiger partial charge < -0.3 is 15.7 Å². The van der Waals surface area contributed by atoms with Crippen molar-refractivity contribution in [3.05, 3.63) is 35.6 Å². The Morgan fingerprint density at radius 1 is 1.16 bits per heavy atom. The van der Waals surface area contributed by atoms with E-state index >= 15 is 0 Å². The Labute approximate surface area is 141 Å². The summed E-state index contributed by atoms with van der Waals surface area (Å²) in [4.78, 5) is 11.7. The van der Waals surface area contributed by atoms with Gasteiger partial charge in [0.1, 0.15) is 11.7 Å². The number of halogens is 7. The van der Waals surface area contributed by atoms with Crippen molar-refractivity contribution in [2.75, 3.05) is 0 Å². The van der Waals surface area contributed by atoms with Crippen LogP contribution in [0.2, 0.25) is 0 Å². The minimum atomic E-state index is -5.71. The molecular weight excluding hydrogens is 381 g/mol. The molecule has 12 heteroatoms. The van der Waals surface area contributed by atoms with Gasteiger partial charge in [-0.05, 0) is 18.3 Å². The molecule has 4 nitrogen and oxygen atoms in total. The Hall–Kier alpha value is -1.95. The van der Waals surface area contributed by atoms with E-state index in [2.05, 4.69) is 12.2 Å². The average molecular weight is 390 g/mol. The average Bonchev–Trinajstić information content (AvgIpc) is 2.44. The normalized spacial score (nSPS) is 27.4. The summed E-state index contributed by atoms with van der Waals surface area (Å²) in [7, 11) is 0. The van der Waals surface area contributed by atoms with Crippen LogP contribution in [0.3, 0.4) is 0 Å². The molecule has 0 unspecified atom stereocenters. The number of benzene rings is 1. The van der Waals surface area contributed by atoms with Crippen molar-refractivity contribution in [1.82, 2.24) is 10.6 Å². The highest BCUT2D eigenvalue weighted by Crippen LogP contribution is 2.45. The third-order valence-corrected chi connectivity index (χ3v) is 3.83. The lowest BCUT2D eigenvalue weighted by Gasteiger charge is -2.46. The first kappa shape index (κ1) is 19.4. The largest absolute Gasteiger partial charge is 0.450 e. The van der Waals surface area contributed by atoms with Crippen LogP contribution in [0.25, 0.3) is 0 Å². The molecule has 3 N–H and O–H groups in total. The number of Topliss-reactive ketones (excluding diaryl/α,β-unsaturated/α-hetero) is 1. The second-order valence-corrected chi connectivity index (χ2v) is 5.61. The molecule has 1 aliphatic heterocycles. The van der Waals surface area contributed by atoms with Gasteiger partial charge in [-0.15, -0.1) is 0 Å². The molecular formula is C13H9F7N2O2S. The molecule has 1 aromatic rings. The van der Waals surface area contributed by atoms with Gasteiger partial charge in [0.15, 0.2) is 5.11 Å². The van der Waals surface area contributed by atoms with E-state index in [4.69, 9.17) is 0 Å². The van der Waals surface area contributed by atoms with Crippen molar-refractivity contribution < 1.29 is 40.6 Å². The fourth-order valence-electron chi connectivity index (χ4n) is 2.50. The second kappa shape index (κ2) is 6.09. The van der Waals surface area contributed by atoms with Crippen LogP contribution < -0.4 is 10.6 Å². The van der Waals surface area contributed by atoms with E-state index < -0.39 is 52.3 Å². The lowest BCUT2D eigenvalue weighted by Crippen LogP contribution is -2.73. The molecule has 1 aromatic carbocycles. The van der Waals surface area contributed by atoms with Crippen LogP contribution in [0.4, 0.5) is 30.7 Å². The molecule has 2 rings (SSSR count). The molecule has 0 saturated carbocycles. The predicted molar refractivity (Wildman–Crippen MR) is 73.6 cm³/mol. The fraction of sp³-hybridized carbons (Fsp3) is 0.385. The van der Waals surface area contributed by atoms with Gasteiger partial charge in [0.25, 0.3) is 0 Å². The zero-order valence-electron chi connectivity index (χ0n) is 11.9. The SMILES string of the molecule is O=C([C@@H]1[C@@H](c2ccccc2F)NC(=S)N[C@@]1(O)C(F)(F)F)C(F)(F)F. The van der Waals surface area contributed by atoms with Crippen molar-refractivity contribution in [1.29, 1.82) is 0 Å². The van der Waals surface area contributed by atoms with Gasteiger partial charge in [-0.2, -0.15) is 26.3 Å². The Kier molecular flexibility index (Phi) is 4.72. The summed E-state index contributed by atoms with van der Waals surface area (Å²) >= 11 is 4.48. The van der Waals surface area contributed by atoms with Gasteiger partial charge in [0.2, 0.25) is 11.5 Å². The maximum absolute atomic E-state index is 13.9. The van der Waals surface area contributed by atoms with Crippen LogP contribution in [-0.2, 0) is 4.79 Å². The molecule has 3 atom stereocenters. The molecule has 25 heavy (non-hydrogen) atoms. The van der Waals surface area contributed by atoms with Crippen molar-refractivity contribution in [2.45, 2.75) is 24.1 Å². The Morgan fingerprint density at radius 2 is 1.72 bits per heavy atom. The molecule has 138 valence electrons. The van der Waals surface area contributed by atoms with Crippen LogP contribution in [-0.4, -0.2) is 34.1 Å². The molecule has 0 spiro atoms. The van der Waals surface area contributed by atoms with Crippen molar-refractivity contribution in [3.63, 3.8) is 0 Å². The molecule has 1 saturated heterocycles. The first-order valence-corrected chi connectivity index (χ1v) is 6.93. The summed E-state index contributed by atoms with van der Waals surface area (Å²) in [6.07, 6.45) is -11.4. The minimum absolute atomic E-state index is 0.684. The number of hydrogen-bond donors (Lipinski definition) is 3. The van der Waals surface area contributed by atoms with E-state index in [1.165, 1.54) is 5.32 Å². The van der Waals surface area contributed by atoms with E-state index in [1.807, 2.05) is 5.32 Å². The number of alkyl halides is 6. The summed E-state index contributed by atoms with van der Waals surface area (Å²) in [5.74, 6) is -7.23.